The normalized spacial score (nSPS) is 36.1. The molecule has 0 radical (unpaired) electrons. The van der Waals surface area contributed by atoms with Crippen LogP contribution in [-0.2, 0) is 0 Å². The molecule has 1 heterocycles. The lowest BCUT2D eigenvalue weighted by Gasteiger charge is -2.37. The Morgan fingerprint density at radius 1 is 1.00 bits per heavy atom. The molecule has 0 aromatic carbocycles. The van der Waals surface area contributed by atoms with Crippen LogP contribution < -0.4 is 5.32 Å². The third-order valence-corrected chi connectivity index (χ3v) is 5.99. The minimum absolute atomic E-state index is 0.741. The number of aliphatic imine (C=N–C) groups is 1. The summed E-state index contributed by atoms with van der Waals surface area (Å²) in [6.45, 7) is 1.08. The van der Waals surface area contributed by atoms with E-state index < -0.39 is 0 Å². The van der Waals surface area contributed by atoms with Crippen LogP contribution in [0.4, 0.5) is 0 Å². The monoisotopic (exact) mass is 266 g/mol. The molecule has 1 saturated heterocycles. The molecule has 1 aliphatic heterocycles. The fourth-order valence-electron chi connectivity index (χ4n) is 3.66. The van der Waals surface area contributed by atoms with Crippen molar-refractivity contribution in [1.29, 1.82) is 0 Å². The number of thioether (sulfide) groups is 1. The minimum atomic E-state index is 0.741. The van der Waals surface area contributed by atoms with Crippen LogP contribution in [0.15, 0.2) is 4.99 Å². The van der Waals surface area contributed by atoms with Gasteiger partial charge in [-0.2, -0.15) is 0 Å². The van der Waals surface area contributed by atoms with E-state index in [9.17, 15) is 0 Å². The van der Waals surface area contributed by atoms with Crippen molar-refractivity contribution in [3.63, 3.8) is 0 Å². The van der Waals surface area contributed by atoms with Gasteiger partial charge < -0.3 is 5.32 Å². The Morgan fingerprint density at radius 2 is 1.78 bits per heavy atom. The van der Waals surface area contributed by atoms with Gasteiger partial charge in [-0.15, -0.1) is 0 Å². The first-order valence-corrected chi connectivity index (χ1v) is 8.84. The highest BCUT2D eigenvalue weighted by Gasteiger charge is 2.30. The molecule has 1 N–H and O–H groups in total. The third-order valence-electron chi connectivity index (χ3n) is 4.87. The van der Waals surface area contributed by atoms with Gasteiger partial charge in [-0.3, -0.25) is 4.99 Å². The lowest BCUT2D eigenvalue weighted by atomic mass is 9.86. The maximum atomic E-state index is 4.87. The first kappa shape index (κ1) is 12.8. The second-order valence-corrected chi connectivity index (χ2v) is 7.26. The molecule has 0 aromatic rings. The van der Waals surface area contributed by atoms with Crippen molar-refractivity contribution in [2.45, 2.75) is 63.8 Å². The molecule has 2 saturated carbocycles. The number of rotatable bonds is 2. The van der Waals surface area contributed by atoms with Crippen LogP contribution >= 0.6 is 11.8 Å². The summed E-state index contributed by atoms with van der Waals surface area (Å²) in [5.41, 5.74) is 0. The highest BCUT2D eigenvalue weighted by molar-refractivity contribution is 8.13. The van der Waals surface area contributed by atoms with E-state index in [0.717, 1.165) is 24.4 Å². The summed E-state index contributed by atoms with van der Waals surface area (Å²) >= 11 is 1.98. The zero-order chi connectivity index (χ0) is 12.2. The lowest BCUT2D eigenvalue weighted by molar-refractivity contribution is 0.310. The van der Waals surface area contributed by atoms with Crippen LogP contribution in [0.25, 0.3) is 0 Å². The molecule has 2 aliphatic carbocycles. The van der Waals surface area contributed by atoms with Crippen LogP contribution in [0.1, 0.15) is 57.8 Å². The number of hydrogen-bond donors (Lipinski definition) is 1. The van der Waals surface area contributed by atoms with Crippen LogP contribution in [0, 0.1) is 11.8 Å². The third kappa shape index (κ3) is 3.23. The van der Waals surface area contributed by atoms with E-state index in [0.29, 0.717) is 0 Å². The molecule has 3 heteroatoms. The van der Waals surface area contributed by atoms with E-state index in [-0.39, 0.29) is 0 Å². The van der Waals surface area contributed by atoms with Gasteiger partial charge in [-0.05, 0) is 37.5 Å². The van der Waals surface area contributed by atoms with Gasteiger partial charge in [0.1, 0.15) is 0 Å². The highest BCUT2D eigenvalue weighted by Crippen LogP contribution is 2.32. The Bertz CT molecular complexity index is 297. The predicted molar refractivity (Wildman–Crippen MR) is 80.2 cm³/mol. The second-order valence-electron chi connectivity index (χ2n) is 6.26. The van der Waals surface area contributed by atoms with Crippen LogP contribution in [0.2, 0.25) is 0 Å². The molecule has 3 rings (SSSR count). The smallest absolute Gasteiger partial charge is 0.156 e. The fourth-order valence-corrected chi connectivity index (χ4v) is 4.83. The molecule has 0 aromatic heterocycles. The van der Waals surface area contributed by atoms with Crippen molar-refractivity contribution in [1.82, 2.24) is 5.32 Å². The van der Waals surface area contributed by atoms with E-state index in [1.54, 1.807) is 0 Å². The van der Waals surface area contributed by atoms with Gasteiger partial charge >= 0.3 is 0 Å². The number of hydrogen-bond acceptors (Lipinski definition) is 2. The molecule has 18 heavy (non-hydrogen) atoms. The Morgan fingerprint density at radius 3 is 2.67 bits per heavy atom. The summed E-state index contributed by atoms with van der Waals surface area (Å²) in [6, 6.07) is 0.741. The van der Waals surface area contributed by atoms with E-state index in [4.69, 9.17) is 4.99 Å². The van der Waals surface area contributed by atoms with E-state index >= 15 is 0 Å². The average molecular weight is 266 g/mol. The Labute approximate surface area is 115 Å². The van der Waals surface area contributed by atoms with Gasteiger partial charge in [-0.25, -0.2) is 0 Å². The van der Waals surface area contributed by atoms with Gasteiger partial charge in [0.25, 0.3) is 0 Å². The van der Waals surface area contributed by atoms with Crippen molar-refractivity contribution in [2.75, 3.05) is 12.3 Å². The summed E-state index contributed by atoms with van der Waals surface area (Å²) in [4.78, 5) is 4.87. The molecule has 2 nitrogen and oxygen atoms in total. The molecule has 0 bridgehead atoms. The van der Waals surface area contributed by atoms with Gasteiger partial charge in [0.05, 0.1) is 0 Å². The average Bonchev–Trinajstić information content (AvgIpc) is 2.46. The standard InChI is InChI=1S/C15H26N2S/c1-2-6-12(7-3-1)10-16-15-17-14-9-5-4-8-13(14)11-18-15/h12-14H,1-11H2,(H,16,17). The van der Waals surface area contributed by atoms with E-state index in [1.165, 1.54) is 68.7 Å². The first-order valence-electron chi connectivity index (χ1n) is 7.85. The predicted octanol–water partition coefficient (Wildman–Crippen LogP) is 3.82. The van der Waals surface area contributed by atoms with Gasteiger partial charge in [-0.1, -0.05) is 43.9 Å². The molecule has 2 unspecified atom stereocenters. The van der Waals surface area contributed by atoms with E-state index in [1.807, 2.05) is 11.8 Å². The Balaban J connectivity index is 1.50. The topological polar surface area (TPSA) is 24.4 Å². The van der Waals surface area contributed by atoms with Gasteiger partial charge in [0.2, 0.25) is 0 Å². The number of amidine groups is 1. The van der Waals surface area contributed by atoms with Gasteiger partial charge in [0.15, 0.2) is 5.17 Å². The second kappa shape index (κ2) is 6.31. The highest BCUT2D eigenvalue weighted by atomic mass is 32.2. The van der Waals surface area contributed by atoms with Crippen molar-refractivity contribution in [3.05, 3.63) is 0 Å². The Hall–Kier alpha value is -0.180. The number of nitrogens with one attached hydrogen (secondary N) is 1. The first-order chi connectivity index (χ1) is 8.92. The fraction of sp³-hybridized carbons (Fsp3) is 0.933. The van der Waals surface area contributed by atoms with Gasteiger partial charge in [0, 0.05) is 18.3 Å². The molecular formula is C15H26N2S. The molecular weight excluding hydrogens is 240 g/mol. The molecule has 3 fully saturated rings. The SMILES string of the molecule is C1CCC(CN=C2NC3CCCCC3CS2)CC1. The largest absolute Gasteiger partial charge is 0.362 e. The molecule has 102 valence electrons. The zero-order valence-corrected chi connectivity index (χ0v) is 12.2. The quantitative estimate of drug-likeness (QED) is 0.821. The molecule has 0 amide bonds. The maximum Gasteiger partial charge on any atom is 0.156 e. The molecule has 3 aliphatic rings. The van der Waals surface area contributed by atoms with E-state index in [2.05, 4.69) is 5.32 Å². The van der Waals surface area contributed by atoms with Crippen molar-refractivity contribution < 1.29 is 0 Å². The summed E-state index contributed by atoms with van der Waals surface area (Å²) in [5.74, 6) is 3.09. The van der Waals surface area contributed by atoms with Crippen LogP contribution in [0.3, 0.4) is 0 Å². The summed E-state index contributed by atoms with van der Waals surface area (Å²) in [6.07, 6.45) is 12.8. The lowest BCUT2D eigenvalue weighted by Crippen LogP contribution is -2.46. The maximum absolute atomic E-state index is 4.87. The molecule has 0 spiro atoms. The summed E-state index contributed by atoms with van der Waals surface area (Å²) in [5, 5.41) is 4.96. The van der Waals surface area contributed by atoms with Crippen molar-refractivity contribution in [2.24, 2.45) is 16.8 Å². The van der Waals surface area contributed by atoms with Crippen LogP contribution in [-0.4, -0.2) is 23.5 Å². The number of nitrogens with zero attached hydrogens (tertiary/aromatic N) is 1. The number of fused-ring (bicyclic) bond motifs is 1. The Kier molecular flexibility index (Phi) is 4.50. The minimum Gasteiger partial charge on any atom is -0.362 e. The summed E-state index contributed by atoms with van der Waals surface area (Å²) < 4.78 is 0. The van der Waals surface area contributed by atoms with Crippen molar-refractivity contribution >= 4 is 16.9 Å². The molecule has 2 atom stereocenters. The zero-order valence-electron chi connectivity index (χ0n) is 11.4. The summed E-state index contributed by atoms with van der Waals surface area (Å²) in [7, 11) is 0. The van der Waals surface area contributed by atoms with Crippen molar-refractivity contribution in [3.8, 4) is 0 Å². The van der Waals surface area contributed by atoms with Crippen LogP contribution in [0.5, 0.6) is 0 Å².